The number of aliphatic carboxylic acids is 1. The standard InChI is InChI=1S/C21H23FN2O4/c1-13-6-8-15(9-7-13)11-19(21(27)28)24-20(26)18(23-14(2)25)12-16-4-3-5-17(22)10-16/h3-10,18-19H,11-12H2,1-2H3,(H,23,25)(H,24,26)(H,27,28)/t18-,19-/m1/s1. The molecule has 3 N–H and O–H groups in total. The van der Waals surface area contributed by atoms with E-state index in [1.807, 2.05) is 19.1 Å². The van der Waals surface area contributed by atoms with E-state index in [9.17, 15) is 23.9 Å². The fraction of sp³-hybridized carbons (Fsp3) is 0.286. The van der Waals surface area contributed by atoms with Gasteiger partial charge in [-0.15, -0.1) is 0 Å². The van der Waals surface area contributed by atoms with Crippen molar-refractivity contribution in [2.24, 2.45) is 0 Å². The minimum Gasteiger partial charge on any atom is -0.480 e. The molecule has 0 heterocycles. The van der Waals surface area contributed by atoms with Crippen LogP contribution in [0.3, 0.4) is 0 Å². The van der Waals surface area contributed by atoms with Crippen LogP contribution in [0.25, 0.3) is 0 Å². The lowest BCUT2D eigenvalue weighted by molar-refractivity contribution is -0.142. The highest BCUT2D eigenvalue weighted by atomic mass is 19.1. The monoisotopic (exact) mass is 386 g/mol. The predicted molar refractivity (Wildman–Crippen MR) is 102 cm³/mol. The second-order valence-electron chi connectivity index (χ2n) is 6.68. The molecule has 0 unspecified atom stereocenters. The van der Waals surface area contributed by atoms with E-state index >= 15 is 0 Å². The number of nitrogens with one attached hydrogen (secondary N) is 2. The number of hydrogen-bond donors (Lipinski definition) is 3. The van der Waals surface area contributed by atoms with Crippen molar-refractivity contribution in [3.63, 3.8) is 0 Å². The molecule has 0 spiro atoms. The van der Waals surface area contributed by atoms with Gasteiger partial charge in [0.25, 0.3) is 0 Å². The molecule has 0 bridgehead atoms. The summed E-state index contributed by atoms with van der Waals surface area (Å²) in [5, 5.41) is 14.4. The van der Waals surface area contributed by atoms with Crippen molar-refractivity contribution in [1.29, 1.82) is 0 Å². The van der Waals surface area contributed by atoms with Gasteiger partial charge in [-0.3, -0.25) is 9.59 Å². The number of carbonyl (C=O) groups excluding carboxylic acids is 2. The van der Waals surface area contributed by atoms with Crippen molar-refractivity contribution < 1.29 is 23.9 Å². The molecular weight excluding hydrogens is 363 g/mol. The molecule has 2 rings (SSSR count). The number of carboxylic acids is 1. The fourth-order valence-electron chi connectivity index (χ4n) is 2.79. The maximum absolute atomic E-state index is 13.4. The average molecular weight is 386 g/mol. The highest BCUT2D eigenvalue weighted by Gasteiger charge is 2.26. The zero-order chi connectivity index (χ0) is 20.7. The van der Waals surface area contributed by atoms with E-state index in [4.69, 9.17) is 0 Å². The van der Waals surface area contributed by atoms with Crippen LogP contribution in [0.4, 0.5) is 4.39 Å². The molecule has 6 nitrogen and oxygen atoms in total. The second-order valence-corrected chi connectivity index (χ2v) is 6.68. The Morgan fingerprint density at radius 1 is 0.964 bits per heavy atom. The van der Waals surface area contributed by atoms with E-state index in [0.717, 1.165) is 11.1 Å². The number of benzene rings is 2. The van der Waals surface area contributed by atoms with Gasteiger partial charge >= 0.3 is 5.97 Å². The summed E-state index contributed by atoms with van der Waals surface area (Å²) in [5.74, 6) is -2.72. The molecule has 0 aromatic heterocycles. The van der Waals surface area contributed by atoms with Crippen molar-refractivity contribution in [2.45, 2.75) is 38.8 Å². The molecule has 7 heteroatoms. The molecule has 2 amide bonds. The van der Waals surface area contributed by atoms with Crippen LogP contribution in [-0.4, -0.2) is 35.0 Å². The smallest absolute Gasteiger partial charge is 0.326 e. The van der Waals surface area contributed by atoms with E-state index in [0.29, 0.717) is 5.56 Å². The molecule has 0 saturated heterocycles. The van der Waals surface area contributed by atoms with Crippen LogP contribution in [0.2, 0.25) is 0 Å². The SMILES string of the molecule is CC(=O)N[C@H](Cc1cccc(F)c1)C(=O)N[C@H](Cc1ccc(C)cc1)C(=O)O. The summed E-state index contributed by atoms with van der Waals surface area (Å²) >= 11 is 0. The Labute approximate surface area is 162 Å². The summed E-state index contributed by atoms with van der Waals surface area (Å²) in [5.41, 5.74) is 2.32. The van der Waals surface area contributed by atoms with E-state index in [2.05, 4.69) is 10.6 Å². The normalized spacial score (nSPS) is 12.7. The van der Waals surface area contributed by atoms with E-state index < -0.39 is 35.7 Å². The number of aryl methyl sites for hydroxylation is 1. The lowest BCUT2D eigenvalue weighted by Crippen LogP contribution is -2.52. The number of carboxylic acid groups (broad SMARTS) is 1. The number of rotatable bonds is 8. The zero-order valence-corrected chi connectivity index (χ0v) is 15.7. The largest absolute Gasteiger partial charge is 0.480 e. The molecule has 0 radical (unpaired) electrons. The van der Waals surface area contributed by atoms with Gasteiger partial charge in [-0.1, -0.05) is 42.0 Å². The van der Waals surface area contributed by atoms with E-state index in [1.54, 1.807) is 18.2 Å². The predicted octanol–water partition coefficient (Wildman–Crippen LogP) is 1.99. The molecule has 0 aliphatic heterocycles. The average Bonchev–Trinajstić information content (AvgIpc) is 2.62. The topological polar surface area (TPSA) is 95.5 Å². The van der Waals surface area contributed by atoms with Crippen LogP contribution >= 0.6 is 0 Å². The molecular formula is C21H23FN2O4. The minimum absolute atomic E-state index is 0.0417. The Morgan fingerprint density at radius 3 is 2.18 bits per heavy atom. The Hall–Kier alpha value is -3.22. The first-order chi connectivity index (χ1) is 13.2. The van der Waals surface area contributed by atoms with Crippen LogP contribution in [0, 0.1) is 12.7 Å². The summed E-state index contributed by atoms with van der Waals surface area (Å²) < 4.78 is 13.4. The highest BCUT2D eigenvalue weighted by molar-refractivity contribution is 5.90. The van der Waals surface area contributed by atoms with Crippen LogP contribution in [0.15, 0.2) is 48.5 Å². The quantitative estimate of drug-likeness (QED) is 0.647. The number of halogens is 1. The van der Waals surface area contributed by atoms with E-state index in [-0.39, 0.29) is 12.8 Å². The lowest BCUT2D eigenvalue weighted by Gasteiger charge is -2.21. The van der Waals surface area contributed by atoms with Crippen molar-refractivity contribution in [3.8, 4) is 0 Å². The van der Waals surface area contributed by atoms with Crippen LogP contribution < -0.4 is 10.6 Å². The highest BCUT2D eigenvalue weighted by Crippen LogP contribution is 2.09. The molecule has 2 aromatic carbocycles. The minimum atomic E-state index is -1.18. The molecule has 0 aliphatic carbocycles. The maximum Gasteiger partial charge on any atom is 0.326 e. The Kier molecular flexibility index (Phi) is 7.26. The van der Waals surface area contributed by atoms with Gasteiger partial charge < -0.3 is 15.7 Å². The van der Waals surface area contributed by atoms with Gasteiger partial charge in [0.1, 0.15) is 17.9 Å². The summed E-state index contributed by atoms with van der Waals surface area (Å²) in [6.07, 6.45) is 0.147. The van der Waals surface area contributed by atoms with Gasteiger partial charge in [0.05, 0.1) is 0 Å². The Bertz CT molecular complexity index is 852. The second kappa shape index (κ2) is 9.64. The number of amides is 2. The Balaban J connectivity index is 2.12. The third kappa shape index (κ3) is 6.50. The van der Waals surface area contributed by atoms with Gasteiger partial charge in [-0.25, -0.2) is 9.18 Å². The van der Waals surface area contributed by atoms with Gasteiger partial charge in [0.2, 0.25) is 11.8 Å². The number of hydrogen-bond acceptors (Lipinski definition) is 3. The van der Waals surface area contributed by atoms with Gasteiger partial charge in [-0.05, 0) is 30.2 Å². The lowest BCUT2D eigenvalue weighted by atomic mass is 10.0. The molecule has 28 heavy (non-hydrogen) atoms. The summed E-state index contributed by atoms with van der Waals surface area (Å²) in [4.78, 5) is 35.7. The van der Waals surface area contributed by atoms with E-state index in [1.165, 1.54) is 25.1 Å². The Morgan fingerprint density at radius 2 is 1.61 bits per heavy atom. The molecule has 2 aromatic rings. The zero-order valence-electron chi connectivity index (χ0n) is 15.7. The van der Waals surface area contributed by atoms with Crippen molar-refractivity contribution in [1.82, 2.24) is 10.6 Å². The van der Waals surface area contributed by atoms with Crippen LogP contribution in [0.5, 0.6) is 0 Å². The summed E-state index contributed by atoms with van der Waals surface area (Å²) in [6, 6.07) is 10.8. The molecule has 0 fully saturated rings. The van der Waals surface area contributed by atoms with Gasteiger partial charge in [0.15, 0.2) is 0 Å². The van der Waals surface area contributed by atoms with Gasteiger partial charge in [-0.2, -0.15) is 0 Å². The van der Waals surface area contributed by atoms with Crippen molar-refractivity contribution >= 4 is 17.8 Å². The van der Waals surface area contributed by atoms with Crippen LogP contribution in [0.1, 0.15) is 23.6 Å². The first kappa shape index (κ1) is 21.1. The number of carbonyl (C=O) groups is 3. The van der Waals surface area contributed by atoms with Crippen molar-refractivity contribution in [3.05, 3.63) is 71.0 Å². The molecule has 148 valence electrons. The summed E-state index contributed by atoms with van der Waals surface area (Å²) in [7, 11) is 0. The first-order valence-electron chi connectivity index (χ1n) is 8.85. The maximum atomic E-state index is 13.4. The molecule has 0 aliphatic rings. The third-order valence-electron chi connectivity index (χ3n) is 4.20. The van der Waals surface area contributed by atoms with Crippen molar-refractivity contribution in [2.75, 3.05) is 0 Å². The van der Waals surface area contributed by atoms with Crippen LogP contribution in [-0.2, 0) is 27.2 Å². The molecule has 2 atom stereocenters. The molecule has 0 saturated carbocycles. The van der Waals surface area contributed by atoms with Gasteiger partial charge in [0, 0.05) is 19.8 Å². The fourth-order valence-corrected chi connectivity index (χ4v) is 2.79. The summed E-state index contributed by atoms with van der Waals surface area (Å²) in [6.45, 7) is 3.18. The first-order valence-corrected chi connectivity index (χ1v) is 8.85. The third-order valence-corrected chi connectivity index (χ3v) is 4.20.